The molecule has 22 heavy (non-hydrogen) atoms. The number of hydrogen-bond acceptors (Lipinski definition) is 7. The third-order valence-electron chi connectivity index (χ3n) is 3.03. The zero-order chi connectivity index (χ0) is 16.3. The van der Waals surface area contributed by atoms with Gasteiger partial charge < -0.3 is 9.84 Å². The second-order valence-electron chi connectivity index (χ2n) is 4.44. The lowest BCUT2D eigenvalue weighted by molar-refractivity contribution is -0.384. The van der Waals surface area contributed by atoms with Crippen molar-refractivity contribution in [1.82, 2.24) is 0 Å². The summed E-state index contributed by atoms with van der Waals surface area (Å²) in [7, 11) is 0. The van der Waals surface area contributed by atoms with Gasteiger partial charge in [-0.1, -0.05) is 0 Å². The molecule has 0 spiro atoms. The number of hydrazone groups is 1. The van der Waals surface area contributed by atoms with Crippen LogP contribution >= 0.6 is 0 Å². The van der Waals surface area contributed by atoms with Gasteiger partial charge in [0.1, 0.15) is 5.71 Å². The Morgan fingerprint density at radius 1 is 1.45 bits per heavy atom. The first kappa shape index (κ1) is 15.4. The number of non-ortho nitro benzene ring substituents is 1. The van der Waals surface area contributed by atoms with Gasteiger partial charge in [0.2, 0.25) is 0 Å². The lowest BCUT2D eigenvalue weighted by atomic mass is 10.1. The van der Waals surface area contributed by atoms with Gasteiger partial charge in [-0.15, -0.1) is 0 Å². The third kappa shape index (κ3) is 3.03. The van der Waals surface area contributed by atoms with E-state index in [9.17, 15) is 24.8 Å². The molecule has 0 saturated heterocycles. The Kier molecular flexibility index (Phi) is 4.35. The average molecular weight is 307 g/mol. The molecule has 1 aliphatic rings. The van der Waals surface area contributed by atoms with Gasteiger partial charge in [0.25, 0.3) is 5.69 Å². The monoisotopic (exact) mass is 307 g/mol. The summed E-state index contributed by atoms with van der Waals surface area (Å²) in [6.07, 6.45) is -0.0921. The minimum Gasteiger partial charge on any atom is -0.480 e. The number of ether oxygens (including phenoxy) is 1. The van der Waals surface area contributed by atoms with Crippen LogP contribution in [0.5, 0.6) is 0 Å². The minimum atomic E-state index is -1.15. The molecule has 0 aliphatic carbocycles. The molecular formula is C13H13N3O6. The highest BCUT2D eigenvalue weighted by molar-refractivity contribution is 6.38. The number of aliphatic carboxylic acids is 1. The summed E-state index contributed by atoms with van der Waals surface area (Å²) in [5, 5.41) is 25.0. The van der Waals surface area contributed by atoms with E-state index in [-0.39, 0.29) is 24.4 Å². The highest BCUT2D eigenvalue weighted by atomic mass is 16.6. The summed E-state index contributed by atoms with van der Waals surface area (Å²) in [5.74, 6) is -1.82. The maximum Gasteiger partial charge on any atom is 0.354 e. The Labute approximate surface area is 124 Å². The number of rotatable bonds is 5. The molecule has 0 unspecified atom stereocenters. The Balaban J connectivity index is 2.30. The summed E-state index contributed by atoms with van der Waals surface area (Å²) < 4.78 is 4.81. The van der Waals surface area contributed by atoms with Gasteiger partial charge in [-0.3, -0.25) is 15.1 Å². The van der Waals surface area contributed by atoms with E-state index in [1.54, 1.807) is 6.92 Å². The molecule has 0 fully saturated rings. The lowest BCUT2D eigenvalue weighted by Crippen LogP contribution is -2.34. The molecule has 0 amide bonds. The van der Waals surface area contributed by atoms with E-state index in [1.807, 2.05) is 0 Å². The van der Waals surface area contributed by atoms with E-state index >= 15 is 0 Å². The van der Waals surface area contributed by atoms with Crippen LogP contribution < -0.4 is 5.01 Å². The first-order valence-corrected chi connectivity index (χ1v) is 6.45. The van der Waals surface area contributed by atoms with E-state index in [1.165, 1.54) is 24.3 Å². The summed E-state index contributed by atoms with van der Waals surface area (Å²) in [6, 6.07) is 4.19. The number of carbonyl (C=O) groups excluding carboxylic acids is 1. The standard InChI is InChI=1S/C13H13N3O6/c1-2-22-13(19)10-7-11(12(17)18)15(14-10)8-3-5-9(6-4-8)16(20)21/h3-6,11H,2,7H2,1H3,(H,17,18)/t11-/m1/s1. The van der Waals surface area contributed by atoms with E-state index in [4.69, 9.17) is 4.74 Å². The van der Waals surface area contributed by atoms with E-state index in [0.717, 1.165) is 5.01 Å². The second kappa shape index (κ2) is 6.20. The number of nitro benzene ring substituents is 1. The molecule has 1 heterocycles. The Bertz CT molecular complexity index is 640. The molecular weight excluding hydrogens is 294 g/mol. The summed E-state index contributed by atoms with van der Waals surface area (Å²) in [4.78, 5) is 33.1. The lowest BCUT2D eigenvalue weighted by Gasteiger charge is -2.19. The number of esters is 1. The van der Waals surface area contributed by atoms with Crippen molar-refractivity contribution in [3.8, 4) is 0 Å². The van der Waals surface area contributed by atoms with Crippen molar-refractivity contribution < 1.29 is 24.4 Å². The van der Waals surface area contributed by atoms with Crippen molar-refractivity contribution in [2.75, 3.05) is 11.6 Å². The number of carboxylic acids is 1. The van der Waals surface area contributed by atoms with Gasteiger partial charge in [-0.05, 0) is 19.1 Å². The highest BCUT2D eigenvalue weighted by Gasteiger charge is 2.36. The molecule has 9 nitrogen and oxygen atoms in total. The molecule has 1 N–H and O–H groups in total. The van der Waals surface area contributed by atoms with E-state index in [0.29, 0.717) is 5.69 Å². The maximum absolute atomic E-state index is 11.7. The average Bonchev–Trinajstić information content (AvgIpc) is 2.93. The Hall–Kier alpha value is -2.97. The fraction of sp³-hybridized carbons (Fsp3) is 0.308. The van der Waals surface area contributed by atoms with Gasteiger partial charge in [0.05, 0.1) is 17.2 Å². The Morgan fingerprint density at radius 3 is 2.59 bits per heavy atom. The number of hydrogen-bond donors (Lipinski definition) is 1. The van der Waals surface area contributed by atoms with E-state index < -0.39 is 22.9 Å². The number of carbonyl (C=O) groups is 2. The van der Waals surface area contributed by atoms with Crippen LogP contribution in [0.2, 0.25) is 0 Å². The number of nitro groups is 1. The van der Waals surface area contributed by atoms with Crippen LogP contribution in [0.4, 0.5) is 11.4 Å². The van der Waals surface area contributed by atoms with Crippen LogP contribution in [0.15, 0.2) is 29.4 Å². The molecule has 1 aliphatic heterocycles. The van der Waals surface area contributed by atoms with Gasteiger partial charge in [0.15, 0.2) is 6.04 Å². The molecule has 1 atom stereocenters. The van der Waals surface area contributed by atoms with Crippen molar-refractivity contribution in [3.05, 3.63) is 34.4 Å². The summed E-state index contributed by atoms with van der Waals surface area (Å²) >= 11 is 0. The highest BCUT2D eigenvalue weighted by Crippen LogP contribution is 2.27. The van der Waals surface area contributed by atoms with E-state index in [2.05, 4.69) is 5.10 Å². The van der Waals surface area contributed by atoms with Crippen molar-refractivity contribution in [1.29, 1.82) is 0 Å². The number of benzene rings is 1. The first-order chi connectivity index (χ1) is 10.4. The smallest absolute Gasteiger partial charge is 0.354 e. The molecule has 0 saturated carbocycles. The molecule has 0 aromatic heterocycles. The quantitative estimate of drug-likeness (QED) is 0.492. The summed E-state index contributed by atoms with van der Waals surface area (Å²) in [5.41, 5.74) is 0.231. The molecule has 1 aromatic carbocycles. The van der Waals surface area contributed by atoms with Crippen LogP contribution in [-0.4, -0.2) is 40.3 Å². The first-order valence-electron chi connectivity index (χ1n) is 6.45. The predicted molar refractivity (Wildman–Crippen MR) is 75.7 cm³/mol. The largest absolute Gasteiger partial charge is 0.480 e. The normalized spacial score (nSPS) is 17.0. The van der Waals surface area contributed by atoms with Crippen molar-refractivity contribution in [2.45, 2.75) is 19.4 Å². The predicted octanol–water partition coefficient (Wildman–Crippen LogP) is 1.18. The van der Waals surface area contributed by atoms with Crippen molar-refractivity contribution in [3.63, 3.8) is 0 Å². The number of anilines is 1. The zero-order valence-electron chi connectivity index (χ0n) is 11.6. The number of carboxylic acid groups (broad SMARTS) is 1. The molecule has 116 valence electrons. The van der Waals surface area contributed by atoms with Crippen LogP contribution in [0.3, 0.4) is 0 Å². The zero-order valence-corrected chi connectivity index (χ0v) is 11.6. The fourth-order valence-electron chi connectivity index (χ4n) is 2.01. The van der Waals surface area contributed by atoms with Gasteiger partial charge in [-0.25, -0.2) is 9.59 Å². The fourth-order valence-corrected chi connectivity index (χ4v) is 2.01. The van der Waals surface area contributed by atoms with Gasteiger partial charge in [-0.2, -0.15) is 5.10 Å². The van der Waals surface area contributed by atoms with Crippen LogP contribution in [-0.2, 0) is 14.3 Å². The van der Waals surface area contributed by atoms with Crippen LogP contribution in [0.1, 0.15) is 13.3 Å². The summed E-state index contributed by atoms with van der Waals surface area (Å²) in [6.45, 7) is 1.79. The van der Waals surface area contributed by atoms with Crippen LogP contribution in [0, 0.1) is 10.1 Å². The van der Waals surface area contributed by atoms with Crippen molar-refractivity contribution >= 4 is 29.0 Å². The third-order valence-corrected chi connectivity index (χ3v) is 3.03. The van der Waals surface area contributed by atoms with Crippen LogP contribution in [0.25, 0.3) is 0 Å². The molecule has 9 heteroatoms. The molecule has 0 radical (unpaired) electrons. The molecule has 1 aromatic rings. The Morgan fingerprint density at radius 2 is 2.09 bits per heavy atom. The molecule has 0 bridgehead atoms. The topological polar surface area (TPSA) is 122 Å². The number of nitrogens with zero attached hydrogens (tertiary/aromatic N) is 3. The second-order valence-corrected chi connectivity index (χ2v) is 4.44. The van der Waals surface area contributed by atoms with Gasteiger partial charge >= 0.3 is 11.9 Å². The molecule has 2 rings (SSSR count). The minimum absolute atomic E-state index is 0.00704. The SMILES string of the molecule is CCOC(=O)C1=NN(c2ccc([N+](=O)[O-])cc2)[C@@H](C(=O)O)C1. The van der Waals surface area contributed by atoms with Crippen molar-refractivity contribution in [2.24, 2.45) is 5.10 Å². The van der Waals surface area contributed by atoms with Gasteiger partial charge in [0, 0.05) is 18.6 Å². The maximum atomic E-state index is 11.7.